The standard InChI is InChI=1S/C19H20N2O5S/c1-12-7-8-14(27(20,25)26)9-15(12)18(22)21-10-16(17(11-21)19(23)24)13-5-3-2-4-6-13/h2-9,16-17H,10-11H2,1H3,(H,23,24)(H2,20,25,26)/t16-,17+/m1/s1. The number of primary sulfonamides is 1. The minimum atomic E-state index is -3.94. The highest BCUT2D eigenvalue weighted by molar-refractivity contribution is 7.89. The average molecular weight is 388 g/mol. The smallest absolute Gasteiger partial charge is 0.308 e. The van der Waals surface area contributed by atoms with Gasteiger partial charge < -0.3 is 10.0 Å². The third-order valence-corrected chi connectivity index (χ3v) is 5.83. The predicted molar refractivity (Wildman–Crippen MR) is 98.8 cm³/mol. The molecule has 3 rings (SSSR count). The molecule has 1 amide bonds. The van der Waals surface area contributed by atoms with Crippen molar-refractivity contribution in [2.24, 2.45) is 11.1 Å². The molecule has 7 nitrogen and oxygen atoms in total. The fraction of sp³-hybridized carbons (Fsp3) is 0.263. The van der Waals surface area contributed by atoms with Crippen molar-refractivity contribution in [3.8, 4) is 0 Å². The van der Waals surface area contributed by atoms with Crippen LogP contribution in [0.25, 0.3) is 0 Å². The lowest BCUT2D eigenvalue weighted by atomic mass is 9.89. The number of rotatable bonds is 4. The van der Waals surface area contributed by atoms with Crippen LogP contribution in [0, 0.1) is 12.8 Å². The van der Waals surface area contributed by atoms with Crippen molar-refractivity contribution in [3.05, 3.63) is 65.2 Å². The first kappa shape index (κ1) is 19.1. The molecule has 0 spiro atoms. The Morgan fingerprint density at radius 1 is 1.11 bits per heavy atom. The lowest BCUT2D eigenvalue weighted by Crippen LogP contribution is -2.30. The summed E-state index contributed by atoms with van der Waals surface area (Å²) in [4.78, 5) is 26.0. The number of aryl methyl sites for hydroxylation is 1. The number of carboxylic acid groups (broad SMARTS) is 1. The van der Waals surface area contributed by atoms with Crippen LogP contribution in [0.15, 0.2) is 53.4 Å². The van der Waals surface area contributed by atoms with Gasteiger partial charge in [0.1, 0.15) is 0 Å². The second kappa shape index (κ2) is 7.13. The summed E-state index contributed by atoms with van der Waals surface area (Å²) in [5, 5.41) is 14.7. The van der Waals surface area contributed by atoms with E-state index in [0.717, 1.165) is 5.56 Å². The van der Waals surface area contributed by atoms with Crippen molar-refractivity contribution in [1.29, 1.82) is 0 Å². The summed E-state index contributed by atoms with van der Waals surface area (Å²) < 4.78 is 23.2. The van der Waals surface area contributed by atoms with Gasteiger partial charge in [0.2, 0.25) is 10.0 Å². The Morgan fingerprint density at radius 3 is 2.37 bits per heavy atom. The molecule has 2 aromatic carbocycles. The van der Waals surface area contributed by atoms with Crippen LogP contribution in [0.3, 0.4) is 0 Å². The molecule has 1 saturated heterocycles. The first-order valence-corrected chi connectivity index (χ1v) is 9.93. The third-order valence-electron chi connectivity index (χ3n) is 4.92. The summed E-state index contributed by atoms with van der Waals surface area (Å²) in [6.07, 6.45) is 0. The zero-order chi connectivity index (χ0) is 19.8. The van der Waals surface area contributed by atoms with E-state index in [1.165, 1.54) is 23.1 Å². The summed E-state index contributed by atoms with van der Waals surface area (Å²) in [5.41, 5.74) is 1.66. The lowest BCUT2D eigenvalue weighted by molar-refractivity contribution is -0.141. The largest absolute Gasteiger partial charge is 0.481 e. The van der Waals surface area contributed by atoms with Crippen molar-refractivity contribution < 1.29 is 23.1 Å². The molecule has 8 heteroatoms. The van der Waals surface area contributed by atoms with E-state index in [1.807, 2.05) is 30.3 Å². The summed E-state index contributed by atoms with van der Waals surface area (Å²) >= 11 is 0. The highest BCUT2D eigenvalue weighted by Gasteiger charge is 2.40. The quantitative estimate of drug-likeness (QED) is 0.824. The van der Waals surface area contributed by atoms with Crippen molar-refractivity contribution in [1.82, 2.24) is 4.90 Å². The number of likely N-dealkylation sites (tertiary alicyclic amines) is 1. The highest BCUT2D eigenvalue weighted by atomic mass is 32.2. The van der Waals surface area contributed by atoms with Gasteiger partial charge in [-0.2, -0.15) is 0 Å². The molecule has 2 atom stereocenters. The van der Waals surface area contributed by atoms with Gasteiger partial charge in [0.05, 0.1) is 10.8 Å². The molecule has 0 aromatic heterocycles. The van der Waals surface area contributed by atoms with E-state index in [-0.39, 0.29) is 29.5 Å². The minimum absolute atomic E-state index is 0.0623. The Labute approximate surface area is 157 Å². The van der Waals surface area contributed by atoms with Gasteiger partial charge in [-0.1, -0.05) is 36.4 Å². The van der Waals surface area contributed by atoms with E-state index in [1.54, 1.807) is 6.92 Å². The van der Waals surface area contributed by atoms with Gasteiger partial charge in [0.15, 0.2) is 0 Å². The normalized spacial score (nSPS) is 19.9. The first-order chi connectivity index (χ1) is 12.7. The molecule has 142 valence electrons. The fourth-order valence-electron chi connectivity index (χ4n) is 3.44. The van der Waals surface area contributed by atoms with Crippen LogP contribution >= 0.6 is 0 Å². The Morgan fingerprint density at radius 2 is 1.78 bits per heavy atom. The third kappa shape index (κ3) is 3.86. The van der Waals surface area contributed by atoms with E-state index < -0.39 is 27.8 Å². The maximum absolute atomic E-state index is 13.0. The number of benzene rings is 2. The second-order valence-electron chi connectivity index (χ2n) is 6.69. The molecule has 0 saturated carbocycles. The van der Waals surface area contributed by atoms with E-state index in [2.05, 4.69) is 0 Å². The maximum Gasteiger partial charge on any atom is 0.308 e. The summed E-state index contributed by atoms with van der Waals surface area (Å²) in [6.45, 7) is 2.01. The van der Waals surface area contributed by atoms with Crippen LogP contribution < -0.4 is 5.14 Å². The number of amides is 1. The van der Waals surface area contributed by atoms with Crippen LogP contribution in [-0.2, 0) is 14.8 Å². The number of hydrogen-bond donors (Lipinski definition) is 2. The molecule has 2 aromatic rings. The minimum Gasteiger partial charge on any atom is -0.481 e. The van der Waals surface area contributed by atoms with Gasteiger partial charge in [-0.05, 0) is 30.2 Å². The molecule has 1 aliphatic heterocycles. The molecular weight excluding hydrogens is 368 g/mol. The number of hydrogen-bond acceptors (Lipinski definition) is 4. The number of aliphatic carboxylic acids is 1. The van der Waals surface area contributed by atoms with Gasteiger partial charge in [0, 0.05) is 24.6 Å². The topological polar surface area (TPSA) is 118 Å². The Hall–Kier alpha value is -2.71. The molecule has 27 heavy (non-hydrogen) atoms. The Balaban J connectivity index is 1.93. The maximum atomic E-state index is 13.0. The Kier molecular flexibility index (Phi) is 5.03. The predicted octanol–water partition coefficient (Wildman–Crippen LogP) is 1.58. The van der Waals surface area contributed by atoms with Crippen molar-refractivity contribution in [2.75, 3.05) is 13.1 Å². The number of nitrogens with zero attached hydrogens (tertiary/aromatic N) is 1. The van der Waals surface area contributed by atoms with E-state index in [9.17, 15) is 23.1 Å². The lowest BCUT2D eigenvalue weighted by Gasteiger charge is -2.18. The molecule has 0 aliphatic carbocycles. The molecule has 0 bridgehead atoms. The summed E-state index contributed by atoms with van der Waals surface area (Å²) in [7, 11) is -3.94. The molecule has 0 unspecified atom stereocenters. The van der Waals surface area contributed by atoms with Crippen LogP contribution in [0.5, 0.6) is 0 Å². The molecule has 0 radical (unpaired) electrons. The van der Waals surface area contributed by atoms with E-state index in [0.29, 0.717) is 5.56 Å². The molecule has 1 aliphatic rings. The second-order valence-corrected chi connectivity index (χ2v) is 8.26. The van der Waals surface area contributed by atoms with Crippen LogP contribution in [0.4, 0.5) is 0 Å². The number of nitrogens with two attached hydrogens (primary N) is 1. The van der Waals surface area contributed by atoms with Crippen molar-refractivity contribution >= 4 is 21.9 Å². The Bertz CT molecular complexity index is 988. The van der Waals surface area contributed by atoms with E-state index >= 15 is 0 Å². The average Bonchev–Trinajstić information content (AvgIpc) is 3.07. The highest BCUT2D eigenvalue weighted by Crippen LogP contribution is 2.34. The summed E-state index contributed by atoms with van der Waals surface area (Å²) in [6, 6.07) is 13.3. The monoisotopic (exact) mass is 388 g/mol. The first-order valence-electron chi connectivity index (χ1n) is 8.39. The van der Waals surface area contributed by atoms with Gasteiger partial charge in [-0.15, -0.1) is 0 Å². The fourth-order valence-corrected chi connectivity index (χ4v) is 3.98. The zero-order valence-corrected chi connectivity index (χ0v) is 15.5. The number of carboxylic acids is 1. The van der Waals surface area contributed by atoms with Crippen molar-refractivity contribution in [2.45, 2.75) is 17.7 Å². The number of sulfonamides is 1. The summed E-state index contributed by atoms with van der Waals surface area (Å²) in [5.74, 6) is -2.41. The zero-order valence-electron chi connectivity index (χ0n) is 14.7. The van der Waals surface area contributed by atoms with Crippen LogP contribution in [0.1, 0.15) is 27.4 Å². The van der Waals surface area contributed by atoms with Gasteiger partial charge >= 0.3 is 5.97 Å². The molecular formula is C19H20N2O5S. The van der Waals surface area contributed by atoms with Gasteiger partial charge in [-0.25, -0.2) is 13.6 Å². The van der Waals surface area contributed by atoms with Crippen LogP contribution in [-0.4, -0.2) is 43.4 Å². The molecule has 1 heterocycles. The molecule has 1 fully saturated rings. The SMILES string of the molecule is Cc1ccc(S(N)(=O)=O)cc1C(=O)N1C[C@H](C(=O)O)[C@@H](c2ccccc2)C1. The van der Waals surface area contributed by atoms with Gasteiger partial charge in [0.25, 0.3) is 5.91 Å². The number of carbonyl (C=O) groups is 2. The molecule has 3 N–H and O–H groups in total. The van der Waals surface area contributed by atoms with Crippen LogP contribution in [0.2, 0.25) is 0 Å². The van der Waals surface area contributed by atoms with E-state index in [4.69, 9.17) is 5.14 Å². The number of carbonyl (C=O) groups excluding carboxylic acids is 1. The van der Waals surface area contributed by atoms with Crippen molar-refractivity contribution in [3.63, 3.8) is 0 Å². The van der Waals surface area contributed by atoms with Gasteiger partial charge in [-0.3, -0.25) is 9.59 Å².